The average Bonchev–Trinajstić information content (AvgIpc) is 2.75. The molecular formula is C11H10FNO2. The Morgan fingerprint density at radius 2 is 2.33 bits per heavy atom. The van der Waals surface area contributed by atoms with Crippen LogP contribution < -0.4 is 5.32 Å². The molecule has 1 amide bonds. The van der Waals surface area contributed by atoms with Crippen LogP contribution in [0.2, 0.25) is 0 Å². The van der Waals surface area contributed by atoms with Crippen molar-refractivity contribution in [2.24, 2.45) is 0 Å². The summed E-state index contributed by atoms with van der Waals surface area (Å²) in [5, 5.41) is 2.63. The van der Waals surface area contributed by atoms with Crippen LogP contribution in [0.5, 0.6) is 0 Å². The number of nitrogens with one attached hydrogen (secondary N) is 1. The molecule has 1 atom stereocenters. The third kappa shape index (κ3) is 1.07. The molecule has 2 aliphatic rings. The second kappa shape index (κ2) is 2.72. The lowest BCUT2D eigenvalue weighted by molar-refractivity contribution is 0.0561. The normalized spacial score (nSPS) is 27.7. The predicted octanol–water partition coefficient (Wildman–Crippen LogP) is 1.71. The monoisotopic (exact) mass is 207 g/mol. The van der Waals surface area contributed by atoms with E-state index in [4.69, 9.17) is 4.74 Å². The Morgan fingerprint density at radius 3 is 3.07 bits per heavy atom. The number of hydrogen-bond donors (Lipinski definition) is 1. The van der Waals surface area contributed by atoms with Crippen LogP contribution in [0.4, 0.5) is 9.18 Å². The Labute approximate surface area is 86.2 Å². The maximum absolute atomic E-state index is 13.5. The molecule has 78 valence electrons. The van der Waals surface area contributed by atoms with Gasteiger partial charge >= 0.3 is 6.09 Å². The fraction of sp³-hybridized carbons (Fsp3) is 0.364. The summed E-state index contributed by atoms with van der Waals surface area (Å²) in [7, 11) is 0. The first-order valence-electron chi connectivity index (χ1n) is 4.96. The number of hydrogen-bond acceptors (Lipinski definition) is 2. The fourth-order valence-corrected chi connectivity index (χ4v) is 2.46. The van der Waals surface area contributed by atoms with E-state index in [9.17, 15) is 9.18 Å². The summed E-state index contributed by atoms with van der Waals surface area (Å²) in [5.41, 5.74) is 0.893. The Morgan fingerprint density at radius 1 is 1.47 bits per heavy atom. The topological polar surface area (TPSA) is 38.3 Å². The third-order valence-corrected chi connectivity index (χ3v) is 3.19. The predicted molar refractivity (Wildman–Crippen MR) is 50.9 cm³/mol. The number of carbonyl (C=O) groups is 1. The second-order valence-electron chi connectivity index (χ2n) is 4.00. The van der Waals surface area contributed by atoms with Crippen molar-refractivity contribution in [1.29, 1.82) is 0 Å². The molecule has 0 radical (unpaired) electrons. The van der Waals surface area contributed by atoms with Crippen LogP contribution in [0, 0.1) is 5.82 Å². The third-order valence-electron chi connectivity index (χ3n) is 3.19. The van der Waals surface area contributed by atoms with Gasteiger partial charge in [-0.15, -0.1) is 0 Å². The van der Waals surface area contributed by atoms with E-state index in [0.29, 0.717) is 24.9 Å². The first-order valence-corrected chi connectivity index (χ1v) is 4.96. The molecule has 1 aliphatic carbocycles. The molecule has 1 saturated heterocycles. The Kier molecular flexibility index (Phi) is 1.58. The molecule has 0 aromatic heterocycles. The van der Waals surface area contributed by atoms with E-state index in [1.54, 1.807) is 6.07 Å². The van der Waals surface area contributed by atoms with Gasteiger partial charge in [-0.3, -0.25) is 0 Å². The van der Waals surface area contributed by atoms with Gasteiger partial charge in [0.2, 0.25) is 0 Å². The molecule has 1 N–H and O–H groups in total. The molecule has 0 bridgehead atoms. The summed E-state index contributed by atoms with van der Waals surface area (Å²) < 4.78 is 18.7. The molecule has 1 fully saturated rings. The minimum atomic E-state index is -0.617. The molecule has 1 spiro atoms. The molecule has 15 heavy (non-hydrogen) atoms. The van der Waals surface area contributed by atoms with Gasteiger partial charge in [-0.2, -0.15) is 0 Å². The molecule has 4 heteroatoms. The number of fused-ring (bicyclic) bond motifs is 2. The Bertz CT molecular complexity index is 446. The van der Waals surface area contributed by atoms with E-state index in [1.165, 1.54) is 6.07 Å². The smallest absolute Gasteiger partial charge is 0.408 e. The van der Waals surface area contributed by atoms with E-state index in [2.05, 4.69) is 5.32 Å². The zero-order valence-electron chi connectivity index (χ0n) is 8.05. The number of benzene rings is 1. The van der Waals surface area contributed by atoms with Crippen molar-refractivity contribution in [3.8, 4) is 0 Å². The first kappa shape index (κ1) is 8.71. The van der Waals surface area contributed by atoms with Crippen LogP contribution in [0.25, 0.3) is 0 Å². The molecule has 1 unspecified atom stereocenters. The lowest BCUT2D eigenvalue weighted by Crippen LogP contribution is -2.27. The number of alkyl carbamates (subject to hydrolysis) is 1. The summed E-state index contributed by atoms with van der Waals surface area (Å²) >= 11 is 0. The largest absolute Gasteiger partial charge is 0.436 e. The highest BCUT2D eigenvalue weighted by molar-refractivity contribution is 5.71. The summed E-state index contributed by atoms with van der Waals surface area (Å²) in [6.07, 6.45) is 0.894. The van der Waals surface area contributed by atoms with Crippen LogP contribution in [0.1, 0.15) is 17.5 Å². The molecule has 0 saturated carbocycles. The summed E-state index contributed by atoms with van der Waals surface area (Å²) in [4.78, 5) is 11.1. The maximum Gasteiger partial charge on any atom is 0.408 e. The zero-order valence-corrected chi connectivity index (χ0v) is 8.05. The molecule has 3 nitrogen and oxygen atoms in total. The molecule has 1 aromatic rings. The number of halogens is 1. The van der Waals surface area contributed by atoms with Crippen LogP contribution in [0.3, 0.4) is 0 Å². The lowest BCUT2D eigenvalue weighted by Gasteiger charge is -2.21. The van der Waals surface area contributed by atoms with Crippen molar-refractivity contribution in [2.75, 3.05) is 6.54 Å². The quantitative estimate of drug-likeness (QED) is 0.703. The van der Waals surface area contributed by atoms with Gasteiger partial charge in [0, 0.05) is 5.56 Å². The van der Waals surface area contributed by atoms with E-state index < -0.39 is 11.7 Å². The van der Waals surface area contributed by atoms with Crippen LogP contribution in [-0.4, -0.2) is 12.6 Å². The summed E-state index contributed by atoms with van der Waals surface area (Å²) in [6, 6.07) is 4.95. The highest BCUT2D eigenvalue weighted by Crippen LogP contribution is 2.42. The SMILES string of the molecule is O=C1NCC2(CCc3c(F)cccc32)O1. The molecule has 1 heterocycles. The number of rotatable bonds is 0. The van der Waals surface area contributed by atoms with Crippen molar-refractivity contribution >= 4 is 6.09 Å². The van der Waals surface area contributed by atoms with Crippen molar-refractivity contribution in [3.63, 3.8) is 0 Å². The fourth-order valence-electron chi connectivity index (χ4n) is 2.46. The average molecular weight is 207 g/mol. The standard InChI is InChI=1S/C11H10FNO2/c12-9-3-1-2-8-7(9)4-5-11(8)6-13-10(14)15-11/h1-3H,4-6H2,(H,13,14). The van der Waals surface area contributed by atoms with Crippen molar-refractivity contribution in [2.45, 2.75) is 18.4 Å². The number of carbonyl (C=O) groups excluding carboxylic acids is 1. The van der Waals surface area contributed by atoms with Crippen molar-refractivity contribution in [1.82, 2.24) is 5.32 Å². The van der Waals surface area contributed by atoms with Crippen LogP contribution in [-0.2, 0) is 16.8 Å². The van der Waals surface area contributed by atoms with E-state index >= 15 is 0 Å². The Hall–Kier alpha value is -1.58. The Balaban J connectivity index is 2.12. The zero-order chi connectivity index (χ0) is 10.5. The minimum absolute atomic E-state index is 0.202. The summed E-state index contributed by atoms with van der Waals surface area (Å²) in [6.45, 7) is 0.447. The second-order valence-corrected chi connectivity index (χ2v) is 4.00. The van der Waals surface area contributed by atoms with Crippen molar-refractivity contribution in [3.05, 3.63) is 35.1 Å². The van der Waals surface area contributed by atoms with Gasteiger partial charge in [0.05, 0.1) is 6.54 Å². The van der Waals surface area contributed by atoms with E-state index in [1.807, 2.05) is 6.07 Å². The molecule has 3 rings (SSSR count). The highest BCUT2D eigenvalue weighted by atomic mass is 19.1. The van der Waals surface area contributed by atoms with Gasteiger partial charge in [-0.1, -0.05) is 12.1 Å². The van der Waals surface area contributed by atoms with E-state index in [-0.39, 0.29) is 5.82 Å². The molecule has 1 aromatic carbocycles. The van der Waals surface area contributed by atoms with Crippen molar-refractivity contribution < 1.29 is 13.9 Å². The number of ether oxygens (including phenoxy) is 1. The number of amides is 1. The van der Waals surface area contributed by atoms with Crippen LogP contribution >= 0.6 is 0 Å². The van der Waals surface area contributed by atoms with Gasteiger partial charge < -0.3 is 10.1 Å². The van der Waals surface area contributed by atoms with Gasteiger partial charge in [-0.05, 0) is 24.5 Å². The first-order chi connectivity index (χ1) is 7.21. The molecular weight excluding hydrogens is 197 g/mol. The molecule has 1 aliphatic heterocycles. The van der Waals surface area contributed by atoms with Gasteiger partial charge in [0.15, 0.2) is 5.60 Å². The lowest BCUT2D eigenvalue weighted by atomic mass is 9.96. The minimum Gasteiger partial charge on any atom is -0.436 e. The highest BCUT2D eigenvalue weighted by Gasteiger charge is 2.47. The van der Waals surface area contributed by atoms with E-state index in [0.717, 1.165) is 5.56 Å². The van der Waals surface area contributed by atoms with Crippen LogP contribution in [0.15, 0.2) is 18.2 Å². The van der Waals surface area contributed by atoms with Gasteiger partial charge in [0.1, 0.15) is 5.82 Å². The van der Waals surface area contributed by atoms with Gasteiger partial charge in [0.25, 0.3) is 0 Å². The van der Waals surface area contributed by atoms with Gasteiger partial charge in [-0.25, -0.2) is 9.18 Å². The maximum atomic E-state index is 13.5. The summed E-state index contributed by atoms with van der Waals surface area (Å²) in [5.74, 6) is -0.202.